The fourth-order valence-electron chi connectivity index (χ4n) is 0.966. The highest BCUT2D eigenvalue weighted by molar-refractivity contribution is 5.81. The second-order valence-electron chi connectivity index (χ2n) is 4.46. The van der Waals surface area contributed by atoms with Gasteiger partial charge in [0, 0.05) is 18.4 Å². The van der Waals surface area contributed by atoms with E-state index >= 15 is 0 Å². The SMILES string of the molecule is CC(C)(C)C(=O)NCCCCC[C]=O. The molecule has 0 aliphatic heterocycles. The molecule has 0 spiro atoms. The van der Waals surface area contributed by atoms with Gasteiger partial charge in [0.1, 0.15) is 0 Å². The van der Waals surface area contributed by atoms with Gasteiger partial charge in [-0.2, -0.15) is 0 Å². The number of hydrogen-bond donors (Lipinski definition) is 1. The lowest BCUT2D eigenvalue weighted by atomic mass is 9.96. The van der Waals surface area contributed by atoms with E-state index in [1.165, 1.54) is 0 Å². The summed E-state index contributed by atoms with van der Waals surface area (Å²) in [6, 6.07) is 0. The minimum atomic E-state index is -0.309. The van der Waals surface area contributed by atoms with E-state index in [0.717, 1.165) is 19.3 Å². The van der Waals surface area contributed by atoms with Crippen LogP contribution >= 0.6 is 0 Å². The lowest BCUT2D eigenvalue weighted by Gasteiger charge is -2.17. The van der Waals surface area contributed by atoms with Crippen LogP contribution in [0.25, 0.3) is 0 Å². The average molecular weight is 198 g/mol. The Morgan fingerprint density at radius 1 is 1.21 bits per heavy atom. The van der Waals surface area contributed by atoms with Gasteiger partial charge < -0.3 is 5.32 Å². The van der Waals surface area contributed by atoms with E-state index in [0.29, 0.717) is 13.0 Å². The zero-order valence-electron chi connectivity index (χ0n) is 9.35. The van der Waals surface area contributed by atoms with Gasteiger partial charge in [-0.25, -0.2) is 0 Å². The van der Waals surface area contributed by atoms with Crippen LogP contribution in [0.4, 0.5) is 0 Å². The van der Waals surface area contributed by atoms with Crippen molar-refractivity contribution in [3.8, 4) is 0 Å². The molecule has 3 nitrogen and oxygen atoms in total. The van der Waals surface area contributed by atoms with Gasteiger partial charge in [-0.15, -0.1) is 0 Å². The molecule has 0 unspecified atom stereocenters. The molecule has 0 aromatic rings. The predicted octanol–water partition coefficient (Wildman–Crippen LogP) is 1.82. The minimum Gasteiger partial charge on any atom is -0.356 e. The number of unbranched alkanes of at least 4 members (excludes halogenated alkanes) is 3. The van der Waals surface area contributed by atoms with Gasteiger partial charge in [-0.1, -0.05) is 27.2 Å². The fourth-order valence-corrected chi connectivity index (χ4v) is 0.966. The Morgan fingerprint density at radius 2 is 1.86 bits per heavy atom. The topological polar surface area (TPSA) is 46.2 Å². The summed E-state index contributed by atoms with van der Waals surface area (Å²) >= 11 is 0. The number of hydrogen-bond acceptors (Lipinski definition) is 2. The Kier molecular flexibility index (Phi) is 6.17. The first-order valence-electron chi connectivity index (χ1n) is 5.12. The largest absolute Gasteiger partial charge is 0.356 e. The molecule has 81 valence electrons. The molecule has 0 saturated carbocycles. The third-order valence-corrected chi connectivity index (χ3v) is 1.92. The zero-order chi connectivity index (χ0) is 11.0. The lowest BCUT2D eigenvalue weighted by Crippen LogP contribution is -2.35. The van der Waals surface area contributed by atoms with Crippen LogP contribution in [-0.4, -0.2) is 18.7 Å². The first-order chi connectivity index (χ1) is 6.48. The summed E-state index contributed by atoms with van der Waals surface area (Å²) in [4.78, 5) is 21.3. The molecule has 0 aliphatic rings. The average Bonchev–Trinajstić information content (AvgIpc) is 2.09. The van der Waals surface area contributed by atoms with E-state index in [9.17, 15) is 9.59 Å². The van der Waals surface area contributed by atoms with Crippen molar-refractivity contribution in [3.05, 3.63) is 0 Å². The summed E-state index contributed by atoms with van der Waals surface area (Å²) in [5, 5.41) is 2.86. The Morgan fingerprint density at radius 3 is 2.36 bits per heavy atom. The molecular weight excluding hydrogens is 178 g/mol. The van der Waals surface area contributed by atoms with Gasteiger partial charge in [0.05, 0.1) is 0 Å². The number of amides is 1. The van der Waals surface area contributed by atoms with Crippen LogP contribution in [0.2, 0.25) is 0 Å². The first-order valence-corrected chi connectivity index (χ1v) is 5.12. The first kappa shape index (κ1) is 13.1. The summed E-state index contributed by atoms with van der Waals surface area (Å²) in [5.74, 6) is 0.0828. The highest BCUT2D eigenvalue weighted by Gasteiger charge is 2.19. The molecule has 0 aromatic heterocycles. The molecule has 0 bridgehead atoms. The van der Waals surface area contributed by atoms with Crippen molar-refractivity contribution in [2.24, 2.45) is 5.41 Å². The third-order valence-electron chi connectivity index (χ3n) is 1.92. The van der Waals surface area contributed by atoms with E-state index in [-0.39, 0.29) is 11.3 Å². The molecule has 0 fully saturated rings. The summed E-state index contributed by atoms with van der Waals surface area (Å²) < 4.78 is 0. The molecule has 1 N–H and O–H groups in total. The maximum Gasteiger partial charge on any atom is 0.225 e. The molecule has 0 heterocycles. The normalized spacial score (nSPS) is 11.1. The third kappa shape index (κ3) is 6.63. The quantitative estimate of drug-likeness (QED) is 0.662. The van der Waals surface area contributed by atoms with Gasteiger partial charge in [-0.05, 0) is 12.8 Å². The van der Waals surface area contributed by atoms with Crippen LogP contribution in [0.3, 0.4) is 0 Å². The van der Waals surface area contributed by atoms with E-state index < -0.39 is 0 Å². The molecule has 1 radical (unpaired) electrons. The maximum absolute atomic E-state index is 11.4. The predicted molar refractivity (Wildman–Crippen MR) is 56.6 cm³/mol. The van der Waals surface area contributed by atoms with Crippen molar-refractivity contribution in [3.63, 3.8) is 0 Å². The van der Waals surface area contributed by atoms with Crippen molar-refractivity contribution in [1.82, 2.24) is 5.32 Å². The summed E-state index contributed by atoms with van der Waals surface area (Å²) in [7, 11) is 0. The van der Waals surface area contributed by atoms with E-state index in [2.05, 4.69) is 5.32 Å². The van der Waals surface area contributed by atoms with E-state index in [1.807, 2.05) is 27.1 Å². The standard InChI is InChI=1S/C11H20NO2/c1-11(2,3)10(14)12-8-6-4-5-7-9-13/h4-8H2,1-3H3,(H,12,14). The van der Waals surface area contributed by atoms with Crippen molar-refractivity contribution in [1.29, 1.82) is 0 Å². The van der Waals surface area contributed by atoms with Gasteiger partial charge in [0.15, 0.2) is 6.29 Å². The summed E-state index contributed by atoms with van der Waals surface area (Å²) in [6.45, 7) is 6.38. The van der Waals surface area contributed by atoms with Gasteiger partial charge in [0.25, 0.3) is 0 Å². The number of rotatable bonds is 6. The second kappa shape index (κ2) is 6.57. The van der Waals surface area contributed by atoms with E-state index in [1.54, 1.807) is 0 Å². The van der Waals surface area contributed by atoms with Crippen molar-refractivity contribution in [2.75, 3.05) is 6.54 Å². The second-order valence-corrected chi connectivity index (χ2v) is 4.46. The highest BCUT2D eigenvalue weighted by Crippen LogP contribution is 2.12. The zero-order valence-corrected chi connectivity index (χ0v) is 9.35. The molecule has 0 atom stereocenters. The smallest absolute Gasteiger partial charge is 0.225 e. The number of carbonyl (C=O) groups excluding carboxylic acids is 2. The Bertz CT molecular complexity index is 182. The van der Waals surface area contributed by atoms with Gasteiger partial charge in [-0.3, -0.25) is 9.59 Å². The van der Waals surface area contributed by atoms with Crippen molar-refractivity contribution < 1.29 is 9.59 Å². The molecule has 0 aliphatic carbocycles. The molecular formula is C11H20NO2. The van der Waals surface area contributed by atoms with Gasteiger partial charge in [0.2, 0.25) is 5.91 Å². The lowest BCUT2D eigenvalue weighted by molar-refractivity contribution is -0.128. The number of nitrogens with one attached hydrogen (secondary N) is 1. The molecule has 3 heteroatoms. The molecule has 0 rings (SSSR count). The highest BCUT2D eigenvalue weighted by atomic mass is 16.2. The minimum absolute atomic E-state index is 0.0828. The van der Waals surface area contributed by atoms with Crippen LogP contribution < -0.4 is 5.32 Å². The van der Waals surface area contributed by atoms with Crippen LogP contribution in [-0.2, 0) is 9.59 Å². The van der Waals surface area contributed by atoms with Crippen LogP contribution in [0.1, 0.15) is 46.5 Å². The Hall–Kier alpha value is -0.860. The monoisotopic (exact) mass is 198 g/mol. The Balaban J connectivity index is 3.37. The van der Waals surface area contributed by atoms with Crippen LogP contribution in [0, 0.1) is 5.41 Å². The van der Waals surface area contributed by atoms with E-state index in [4.69, 9.17) is 0 Å². The Labute approximate surface area is 86.3 Å². The fraction of sp³-hybridized carbons (Fsp3) is 0.818. The summed E-state index contributed by atoms with van der Waals surface area (Å²) in [6.07, 6.45) is 5.14. The van der Waals surface area contributed by atoms with Crippen molar-refractivity contribution in [2.45, 2.75) is 46.5 Å². The van der Waals surface area contributed by atoms with Crippen LogP contribution in [0.15, 0.2) is 0 Å². The maximum atomic E-state index is 11.4. The molecule has 0 saturated heterocycles. The molecule has 0 aromatic carbocycles. The van der Waals surface area contributed by atoms with Crippen LogP contribution in [0.5, 0.6) is 0 Å². The van der Waals surface area contributed by atoms with Gasteiger partial charge >= 0.3 is 0 Å². The molecule has 14 heavy (non-hydrogen) atoms. The summed E-state index contributed by atoms with van der Waals surface area (Å²) in [5.41, 5.74) is -0.309. The molecule has 1 amide bonds. The number of carbonyl (C=O) groups is 1. The van der Waals surface area contributed by atoms with Crippen molar-refractivity contribution >= 4 is 12.2 Å².